The number of aliphatic hydroxyl groups excluding tert-OH is 1. The van der Waals surface area contributed by atoms with Crippen LogP contribution in [0.2, 0.25) is 0 Å². The smallest absolute Gasteiger partial charge is 0.240 e. The van der Waals surface area contributed by atoms with Crippen LogP contribution in [0.1, 0.15) is 19.3 Å². The molecule has 0 aliphatic heterocycles. The van der Waals surface area contributed by atoms with Gasteiger partial charge in [-0.05, 0) is 43.5 Å². The van der Waals surface area contributed by atoms with E-state index in [2.05, 4.69) is 20.7 Å². The van der Waals surface area contributed by atoms with Crippen molar-refractivity contribution in [3.05, 3.63) is 28.7 Å². The molecule has 1 unspecified atom stereocenters. The fraction of sp³-hybridized carbons (Fsp3) is 0.455. The molecule has 1 aromatic carbocycles. The van der Waals surface area contributed by atoms with E-state index in [4.69, 9.17) is 0 Å². The molecule has 1 aliphatic rings. The number of rotatable bonds is 3. The summed E-state index contributed by atoms with van der Waals surface area (Å²) in [6, 6.07) is 6.07. The maximum atomic E-state index is 12.0. The number of nitrogens with one attached hydrogen (secondary N) is 1. The minimum Gasteiger partial charge on any atom is -0.391 e. The molecule has 1 aromatic rings. The van der Waals surface area contributed by atoms with Crippen LogP contribution in [0.5, 0.6) is 0 Å². The summed E-state index contributed by atoms with van der Waals surface area (Å²) in [6.07, 6.45) is 1.64. The lowest BCUT2D eigenvalue weighted by molar-refractivity contribution is 0.159. The van der Waals surface area contributed by atoms with Gasteiger partial charge in [-0.2, -0.15) is 0 Å². The maximum absolute atomic E-state index is 12.0. The third-order valence-electron chi connectivity index (χ3n) is 2.91. The quantitative estimate of drug-likeness (QED) is 0.890. The molecule has 4 nitrogen and oxygen atoms in total. The van der Waals surface area contributed by atoms with Crippen molar-refractivity contribution in [2.45, 2.75) is 36.3 Å². The number of halogens is 1. The van der Waals surface area contributed by atoms with Crippen molar-refractivity contribution < 1.29 is 13.5 Å². The topological polar surface area (TPSA) is 66.4 Å². The maximum Gasteiger partial charge on any atom is 0.240 e. The predicted molar refractivity (Wildman–Crippen MR) is 68.1 cm³/mol. The van der Waals surface area contributed by atoms with Crippen molar-refractivity contribution in [1.29, 1.82) is 0 Å². The van der Waals surface area contributed by atoms with Crippen LogP contribution in [0.4, 0.5) is 0 Å². The number of sulfonamides is 1. The molecular weight excluding hydrogens is 306 g/mol. The molecule has 0 amide bonds. The van der Waals surface area contributed by atoms with Crippen LogP contribution in [0.15, 0.2) is 33.6 Å². The summed E-state index contributed by atoms with van der Waals surface area (Å²) >= 11 is 3.25. The van der Waals surface area contributed by atoms with Gasteiger partial charge in [0.25, 0.3) is 0 Å². The van der Waals surface area contributed by atoms with Crippen LogP contribution >= 0.6 is 15.9 Å². The Morgan fingerprint density at radius 3 is 2.41 bits per heavy atom. The molecule has 0 heterocycles. The molecule has 1 saturated carbocycles. The summed E-state index contributed by atoms with van der Waals surface area (Å²) in [5, 5.41) is 9.61. The number of aliphatic hydroxyl groups is 1. The van der Waals surface area contributed by atoms with E-state index in [0.29, 0.717) is 12.8 Å². The van der Waals surface area contributed by atoms with Crippen molar-refractivity contribution in [2.24, 2.45) is 0 Å². The minimum atomic E-state index is -3.52. The molecule has 0 bridgehead atoms. The summed E-state index contributed by atoms with van der Waals surface area (Å²) < 4.78 is 27.4. The second-order valence-electron chi connectivity index (χ2n) is 4.18. The van der Waals surface area contributed by atoms with E-state index in [1.165, 1.54) is 12.1 Å². The van der Waals surface area contributed by atoms with Gasteiger partial charge in [-0.1, -0.05) is 15.9 Å². The fourth-order valence-electron chi connectivity index (χ4n) is 1.96. The number of hydrogen-bond acceptors (Lipinski definition) is 3. The lowest BCUT2D eigenvalue weighted by atomic mass is 10.2. The first-order valence-electron chi connectivity index (χ1n) is 5.45. The first kappa shape index (κ1) is 13.0. The van der Waals surface area contributed by atoms with Crippen molar-refractivity contribution in [1.82, 2.24) is 4.72 Å². The highest BCUT2D eigenvalue weighted by molar-refractivity contribution is 9.10. The Hall–Kier alpha value is -0.430. The fourth-order valence-corrected chi connectivity index (χ4v) is 3.53. The molecule has 6 heteroatoms. The zero-order valence-electron chi connectivity index (χ0n) is 9.14. The summed E-state index contributed by atoms with van der Waals surface area (Å²) in [5.41, 5.74) is 0. The Balaban J connectivity index is 2.16. The van der Waals surface area contributed by atoms with Gasteiger partial charge in [0.05, 0.1) is 11.0 Å². The van der Waals surface area contributed by atoms with Crippen molar-refractivity contribution in [2.75, 3.05) is 0 Å². The monoisotopic (exact) mass is 319 g/mol. The van der Waals surface area contributed by atoms with E-state index in [9.17, 15) is 13.5 Å². The number of benzene rings is 1. The van der Waals surface area contributed by atoms with E-state index in [0.717, 1.165) is 10.9 Å². The Kier molecular flexibility index (Phi) is 3.87. The van der Waals surface area contributed by atoms with Crippen LogP contribution in [0.3, 0.4) is 0 Å². The van der Waals surface area contributed by atoms with Crippen LogP contribution in [0, 0.1) is 0 Å². The van der Waals surface area contributed by atoms with Crippen LogP contribution in [-0.2, 0) is 10.0 Å². The highest BCUT2D eigenvalue weighted by Crippen LogP contribution is 2.21. The van der Waals surface area contributed by atoms with E-state index in [1.54, 1.807) is 12.1 Å². The zero-order chi connectivity index (χ0) is 12.5. The van der Waals surface area contributed by atoms with E-state index >= 15 is 0 Å². The molecule has 0 aromatic heterocycles. The van der Waals surface area contributed by atoms with Gasteiger partial charge in [0.2, 0.25) is 10.0 Å². The summed E-state index contributed by atoms with van der Waals surface area (Å²) in [6.45, 7) is 0. The second-order valence-corrected chi connectivity index (χ2v) is 6.81. The molecule has 0 saturated heterocycles. The molecule has 2 atom stereocenters. The van der Waals surface area contributed by atoms with E-state index in [1.807, 2.05) is 0 Å². The van der Waals surface area contributed by atoms with Crippen LogP contribution < -0.4 is 4.72 Å². The van der Waals surface area contributed by atoms with Gasteiger partial charge >= 0.3 is 0 Å². The van der Waals surface area contributed by atoms with Gasteiger partial charge in [-0.3, -0.25) is 0 Å². The van der Waals surface area contributed by atoms with Crippen molar-refractivity contribution >= 4 is 26.0 Å². The molecular formula is C11H14BrNO3S. The lowest BCUT2D eigenvalue weighted by Crippen LogP contribution is -2.39. The molecule has 0 radical (unpaired) electrons. The van der Waals surface area contributed by atoms with Crippen molar-refractivity contribution in [3.8, 4) is 0 Å². The highest BCUT2D eigenvalue weighted by Gasteiger charge is 2.29. The van der Waals surface area contributed by atoms with Gasteiger partial charge in [0.15, 0.2) is 0 Å². The standard InChI is InChI=1S/C11H14BrNO3S/c12-8-4-6-9(7-5-8)17(15,16)13-10-2-1-3-11(10)14/h4-7,10-11,13-14H,1-3H2/t10?,11-/m0/s1. The molecule has 0 spiro atoms. The average molecular weight is 320 g/mol. The normalized spacial score (nSPS) is 25.1. The first-order chi connectivity index (χ1) is 7.99. The van der Waals surface area contributed by atoms with Gasteiger partial charge < -0.3 is 5.11 Å². The third-order valence-corrected chi connectivity index (χ3v) is 4.94. The predicted octanol–water partition coefficient (Wildman–Crippen LogP) is 1.64. The Morgan fingerprint density at radius 1 is 1.24 bits per heavy atom. The minimum absolute atomic E-state index is 0.222. The molecule has 2 rings (SSSR count). The molecule has 94 valence electrons. The highest BCUT2D eigenvalue weighted by atomic mass is 79.9. The van der Waals surface area contributed by atoms with E-state index < -0.39 is 16.1 Å². The largest absolute Gasteiger partial charge is 0.391 e. The van der Waals surface area contributed by atoms with E-state index in [-0.39, 0.29) is 10.9 Å². The summed E-state index contributed by atoms with van der Waals surface area (Å²) in [7, 11) is -3.52. The third kappa shape index (κ3) is 3.07. The first-order valence-corrected chi connectivity index (χ1v) is 7.72. The second kappa shape index (κ2) is 5.06. The molecule has 1 fully saturated rings. The Labute approximate surface area is 109 Å². The Bertz CT molecular complexity index is 486. The van der Waals surface area contributed by atoms with Crippen LogP contribution in [0.25, 0.3) is 0 Å². The van der Waals surface area contributed by atoms with Gasteiger partial charge in [0.1, 0.15) is 0 Å². The summed E-state index contributed by atoms with van der Waals surface area (Å²) in [4.78, 5) is 0.222. The van der Waals surface area contributed by atoms with Gasteiger partial charge in [0, 0.05) is 10.5 Å². The Morgan fingerprint density at radius 2 is 1.88 bits per heavy atom. The van der Waals surface area contributed by atoms with Gasteiger partial charge in [-0.15, -0.1) is 0 Å². The molecule has 2 N–H and O–H groups in total. The van der Waals surface area contributed by atoms with Gasteiger partial charge in [-0.25, -0.2) is 13.1 Å². The molecule has 1 aliphatic carbocycles. The SMILES string of the molecule is O=S(=O)(NC1CCC[C@@H]1O)c1ccc(Br)cc1. The van der Waals surface area contributed by atoms with Crippen molar-refractivity contribution in [3.63, 3.8) is 0 Å². The lowest BCUT2D eigenvalue weighted by Gasteiger charge is -2.16. The molecule has 17 heavy (non-hydrogen) atoms. The average Bonchev–Trinajstić information content (AvgIpc) is 2.64. The van der Waals surface area contributed by atoms with Crippen LogP contribution in [-0.4, -0.2) is 25.7 Å². The zero-order valence-corrected chi connectivity index (χ0v) is 11.5. The summed E-state index contributed by atoms with van der Waals surface area (Å²) in [5.74, 6) is 0. The number of hydrogen-bond donors (Lipinski definition) is 2.